The minimum Gasteiger partial charge on any atom is -0.353 e. The summed E-state index contributed by atoms with van der Waals surface area (Å²) in [4.78, 5) is 12.1. The summed E-state index contributed by atoms with van der Waals surface area (Å²) < 4.78 is 0. The molecule has 1 unspecified atom stereocenters. The molecular formula is C13H16N2O. The number of amides is 1. The molecule has 0 spiro atoms. The number of carbonyl (C=O) groups excluding carboxylic acids is 1. The summed E-state index contributed by atoms with van der Waals surface area (Å²) in [6, 6.07) is 8.66. The van der Waals surface area contributed by atoms with Crippen LogP contribution in [0.3, 0.4) is 0 Å². The lowest BCUT2D eigenvalue weighted by Crippen LogP contribution is -2.39. The van der Waals surface area contributed by atoms with Crippen LogP contribution >= 0.6 is 0 Å². The van der Waals surface area contributed by atoms with E-state index in [4.69, 9.17) is 0 Å². The smallest absolute Gasteiger partial charge is 0.229 e. The fourth-order valence-electron chi connectivity index (χ4n) is 2.26. The highest BCUT2D eigenvalue weighted by Gasteiger charge is 2.30. The van der Waals surface area contributed by atoms with Gasteiger partial charge in [0.15, 0.2) is 0 Å². The van der Waals surface area contributed by atoms with Gasteiger partial charge in [-0.15, -0.1) is 0 Å². The number of hydrogen-bond acceptors (Lipinski definition) is 2. The maximum atomic E-state index is 12.1. The molecule has 84 valence electrons. The first-order chi connectivity index (χ1) is 7.84. The maximum Gasteiger partial charge on any atom is 0.229 e. The van der Waals surface area contributed by atoms with E-state index in [2.05, 4.69) is 22.8 Å². The first-order valence-corrected chi connectivity index (χ1v) is 5.93. The molecule has 3 nitrogen and oxygen atoms in total. The Labute approximate surface area is 95.2 Å². The zero-order valence-corrected chi connectivity index (χ0v) is 9.20. The van der Waals surface area contributed by atoms with E-state index < -0.39 is 0 Å². The van der Waals surface area contributed by atoms with Crippen molar-refractivity contribution >= 4 is 5.91 Å². The summed E-state index contributed by atoms with van der Waals surface area (Å²) in [5.74, 6) is 0.174. The molecule has 3 heteroatoms. The Morgan fingerprint density at radius 3 is 2.94 bits per heavy atom. The first-order valence-electron chi connectivity index (χ1n) is 5.93. The molecule has 0 aromatic heterocycles. The van der Waals surface area contributed by atoms with Crippen LogP contribution < -0.4 is 10.6 Å². The molecule has 1 atom stereocenters. The summed E-state index contributed by atoms with van der Waals surface area (Å²) in [5.41, 5.74) is 2.45. The van der Waals surface area contributed by atoms with E-state index in [1.807, 2.05) is 12.1 Å². The summed E-state index contributed by atoms with van der Waals surface area (Å²) in [7, 11) is 0. The monoisotopic (exact) mass is 216 g/mol. The molecule has 2 aliphatic rings. The molecule has 0 bridgehead atoms. The van der Waals surface area contributed by atoms with E-state index in [1.165, 1.54) is 11.1 Å². The van der Waals surface area contributed by atoms with Crippen molar-refractivity contribution in [2.75, 3.05) is 6.54 Å². The fourth-order valence-corrected chi connectivity index (χ4v) is 2.26. The molecule has 3 rings (SSSR count). The van der Waals surface area contributed by atoms with Gasteiger partial charge in [0.05, 0.1) is 5.92 Å². The molecule has 2 N–H and O–H groups in total. The van der Waals surface area contributed by atoms with Gasteiger partial charge >= 0.3 is 0 Å². The highest BCUT2D eigenvalue weighted by molar-refractivity contribution is 5.85. The number of fused-ring (bicyclic) bond motifs is 1. The summed E-state index contributed by atoms with van der Waals surface area (Å²) >= 11 is 0. The van der Waals surface area contributed by atoms with Gasteiger partial charge in [-0.1, -0.05) is 24.3 Å². The highest BCUT2D eigenvalue weighted by atomic mass is 16.2. The average Bonchev–Trinajstić information content (AvgIpc) is 3.12. The molecule has 16 heavy (non-hydrogen) atoms. The number of rotatable bonds is 2. The number of carbonyl (C=O) groups is 1. The second kappa shape index (κ2) is 3.91. The van der Waals surface area contributed by atoms with Gasteiger partial charge in [0, 0.05) is 19.1 Å². The third-order valence-corrected chi connectivity index (χ3v) is 3.33. The van der Waals surface area contributed by atoms with E-state index in [-0.39, 0.29) is 11.8 Å². The largest absolute Gasteiger partial charge is 0.353 e. The van der Waals surface area contributed by atoms with E-state index in [9.17, 15) is 4.79 Å². The normalized spacial score (nSPS) is 23.6. The van der Waals surface area contributed by atoms with Gasteiger partial charge in [0.2, 0.25) is 5.91 Å². The average molecular weight is 216 g/mol. The zero-order chi connectivity index (χ0) is 11.0. The molecule has 1 heterocycles. The molecule has 1 fully saturated rings. The third kappa shape index (κ3) is 1.83. The van der Waals surface area contributed by atoms with Crippen LogP contribution in [0.4, 0.5) is 0 Å². The van der Waals surface area contributed by atoms with Crippen molar-refractivity contribution in [3.63, 3.8) is 0 Å². The lowest BCUT2D eigenvalue weighted by Gasteiger charge is -2.25. The zero-order valence-electron chi connectivity index (χ0n) is 9.20. The minimum absolute atomic E-state index is 0.00875. The van der Waals surface area contributed by atoms with Gasteiger partial charge < -0.3 is 10.6 Å². The Balaban J connectivity index is 1.82. The first kappa shape index (κ1) is 9.85. The van der Waals surface area contributed by atoms with E-state index >= 15 is 0 Å². The standard InChI is InChI=1S/C13H16N2O/c16-13(15-10-5-6-10)12-8-14-7-9-3-1-2-4-11(9)12/h1-4,10,12,14H,5-8H2,(H,15,16). The van der Waals surface area contributed by atoms with E-state index in [0.717, 1.165) is 25.9 Å². The van der Waals surface area contributed by atoms with Gasteiger partial charge in [-0.25, -0.2) is 0 Å². The SMILES string of the molecule is O=C(NC1CC1)C1CNCc2ccccc21. The van der Waals surface area contributed by atoms with Crippen molar-refractivity contribution < 1.29 is 4.79 Å². The second-order valence-electron chi connectivity index (χ2n) is 4.67. The predicted molar refractivity (Wildman–Crippen MR) is 62.1 cm³/mol. The molecular weight excluding hydrogens is 200 g/mol. The van der Waals surface area contributed by atoms with Crippen molar-refractivity contribution in [2.24, 2.45) is 0 Å². The highest BCUT2D eigenvalue weighted by Crippen LogP contribution is 2.26. The van der Waals surface area contributed by atoms with Crippen molar-refractivity contribution in [1.82, 2.24) is 10.6 Å². The van der Waals surface area contributed by atoms with Crippen molar-refractivity contribution in [3.05, 3.63) is 35.4 Å². The maximum absolute atomic E-state index is 12.1. The molecule has 0 saturated heterocycles. The van der Waals surface area contributed by atoms with E-state index in [0.29, 0.717) is 6.04 Å². The van der Waals surface area contributed by atoms with Crippen LogP contribution in [0.5, 0.6) is 0 Å². The molecule has 0 radical (unpaired) electrons. The third-order valence-electron chi connectivity index (χ3n) is 3.33. The Bertz CT molecular complexity index is 412. The molecule has 1 saturated carbocycles. The molecule has 1 aliphatic heterocycles. The van der Waals surface area contributed by atoms with E-state index in [1.54, 1.807) is 0 Å². The Kier molecular flexibility index (Phi) is 2.40. The quantitative estimate of drug-likeness (QED) is 0.778. The Morgan fingerprint density at radius 1 is 1.31 bits per heavy atom. The summed E-state index contributed by atoms with van der Waals surface area (Å²) in [6.45, 7) is 1.64. The topological polar surface area (TPSA) is 41.1 Å². The lowest BCUT2D eigenvalue weighted by atomic mass is 9.90. The van der Waals surface area contributed by atoms with Gasteiger partial charge in [0.25, 0.3) is 0 Å². The van der Waals surface area contributed by atoms with Crippen LogP contribution in [0.15, 0.2) is 24.3 Å². The molecule has 1 aromatic carbocycles. The molecule has 1 aliphatic carbocycles. The van der Waals surface area contributed by atoms with Crippen molar-refractivity contribution in [3.8, 4) is 0 Å². The van der Waals surface area contributed by atoms with Crippen LogP contribution in [0, 0.1) is 0 Å². The van der Waals surface area contributed by atoms with Gasteiger partial charge in [0.1, 0.15) is 0 Å². The minimum atomic E-state index is -0.00875. The number of benzene rings is 1. The number of nitrogens with one attached hydrogen (secondary N) is 2. The van der Waals surface area contributed by atoms with Crippen LogP contribution in [0.2, 0.25) is 0 Å². The lowest BCUT2D eigenvalue weighted by molar-refractivity contribution is -0.122. The van der Waals surface area contributed by atoms with Crippen LogP contribution in [0.1, 0.15) is 29.9 Å². The van der Waals surface area contributed by atoms with Crippen molar-refractivity contribution in [1.29, 1.82) is 0 Å². The second-order valence-corrected chi connectivity index (χ2v) is 4.67. The number of hydrogen-bond donors (Lipinski definition) is 2. The fraction of sp³-hybridized carbons (Fsp3) is 0.462. The van der Waals surface area contributed by atoms with Gasteiger partial charge in [-0.2, -0.15) is 0 Å². The van der Waals surface area contributed by atoms with Crippen molar-refractivity contribution in [2.45, 2.75) is 31.3 Å². The molecule has 1 aromatic rings. The van der Waals surface area contributed by atoms with Gasteiger partial charge in [-0.05, 0) is 24.0 Å². The van der Waals surface area contributed by atoms with Gasteiger partial charge in [-0.3, -0.25) is 4.79 Å². The van der Waals surface area contributed by atoms with Crippen LogP contribution in [0.25, 0.3) is 0 Å². The predicted octanol–water partition coefficient (Wildman–Crippen LogP) is 1.15. The van der Waals surface area contributed by atoms with Crippen LogP contribution in [-0.2, 0) is 11.3 Å². The summed E-state index contributed by atoms with van der Waals surface area (Å²) in [6.07, 6.45) is 2.29. The Hall–Kier alpha value is -1.35. The molecule has 1 amide bonds. The summed E-state index contributed by atoms with van der Waals surface area (Å²) in [5, 5.41) is 6.39. The van der Waals surface area contributed by atoms with Crippen LogP contribution in [-0.4, -0.2) is 18.5 Å². The Morgan fingerprint density at radius 2 is 2.12 bits per heavy atom.